The van der Waals surface area contributed by atoms with E-state index in [1.807, 2.05) is 43.3 Å². The number of ether oxygens (including phenoxy) is 1. The number of nitrogens with one attached hydrogen (secondary N) is 2. The maximum absolute atomic E-state index is 12.2. The van der Waals surface area contributed by atoms with Crippen LogP contribution in [0.2, 0.25) is 5.15 Å². The molecule has 2 rings (SSSR count). The monoisotopic (exact) mass is 521 g/mol. The van der Waals surface area contributed by atoms with Crippen molar-refractivity contribution in [3.8, 4) is 5.75 Å². The number of nitrogens with zero attached hydrogens (tertiary/aromatic N) is 4. The highest BCUT2D eigenvalue weighted by molar-refractivity contribution is 6.31. The van der Waals surface area contributed by atoms with Crippen LogP contribution in [0.15, 0.2) is 29.3 Å². The van der Waals surface area contributed by atoms with Crippen molar-refractivity contribution in [3.05, 3.63) is 40.7 Å². The van der Waals surface area contributed by atoms with E-state index in [9.17, 15) is 9.59 Å². The predicted octanol–water partition coefficient (Wildman–Crippen LogP) is 1.05. The van der Waals surface area contributed by atoms with Gasteiger partial charge in [0.1, 0.15) is 5.75 Å². The predicted molar refractivity (Wildman–Crippen MR) is 143 cm³/mol. The van der Waals surface area contributed by atoms with E-state index in [0.717, 1.165) is 31.4 Å². The van der Waals surface area contributed by atoms with Gasteiger partial charge in [0.2, 0.25) is 0 Å². The molecule has 0 aliphatic rings. The van der Waals surface area contributed by atoms with Gasteiger partial charge in [-0.05, 0) is 51.1 Å². The van der Waals surface area contributed by atoms with Gasteiger partial charge in [0, 0.05) is 19.6 Å². The number of nitrogen functional groups attached to an aromatic ring is 2. The van der Waals surface area contributed by atoms with Crippen LogP contribution < -0.4 is 32.6 Å². The molecule has 1 heterocycles. The lowest BCUT2D eigenvalue weighted by Crippen LogP contribution is -2.38. The van der Waals surface area contributed by atoms with Crippen LogP contribution in [0.25, 0.3) is 0 Å². The molecule has 36 heavy (non-hydrogen) atoms. The number of carbonyl (C=O) groups excluding carboxylic acids is 2. The van der Waals surface area contributed by atoms with E-state index in [0.29, 0.717) is 18.8 Å². The molecule has 0 saturated carbocycles. The quantitative estimate of drug-likeness (QED) is 0.154. The summed E-state index contributed by atoms with van der Waals surface area (Å²) in [7, 11) is 3.89. The van der Waals surface area contributed by atoms with Crippen molar-refractivity contribution in [1.29, 1.82) is 0 Å². The molecule has 0 fully saturated rings. The number of hydrogen-bond acceptors (Lipinski definition) is 9. The van der Waals surface area contributed by atoms with Crippen LogP contribution in [0.4, 0.5) is 11.6 Å². The normalized spacial score (nSPS) is 11.1. The lowest BCUT2D eigenvalue weighted by atomic mass is 10.1. The van der Waals surface area contributed by atoms with Crippen molar-refractivity contribution < 1.29 is 14.3 Å². The molecule has 8 N–H and O–H groups in total. The second kappa shape index (κ2) is 15.4. The van der Waals surface area contributed by atoms with E-state index in [1.54, 1.807) is 0 Å². The molecule has 0 radical (unpaired) electrons. The Hall–Kier alpha value is -3.64. The molecule has 0 spiro atoms. The Morgan fingerprint density at radius 3 is 2.47 bits per heavy atom. The Balaban J connectivity index is 0.00000648. The van der Waals surface area contributed by atoms with Crippen LogP contribution in [-0.2, 0) is 11.2 Å². The molecule has 0 bridgehead atoms. The molecule has 0 saturated heterocycles. The van der Waals surface area contributed by atoms with E-state index in [-0.39, 0.29) is 48.4 Å². The summed E-state index contributed by atoms with van der Waals surface area (Å²) in [5.74, 6) is -0.471. The second-order valence-electron chi connectivity index (χ2n) is 7.90. The number of guanidine groups is 1. The maximum atomic E-state index is 12.2. The Labute approximate surface area is 216 Å². The summed E-state index contributed by atoms with van der Waals surface area (Å²) in [6, 6.07) is 7.60. The summed E-state index contributed by atoms with van der Waals surface area (Å²) in [4.78, 5) is 37.7. The molecule has 1 aromatic carbocycles. The molecule has 13 heteroatoms. The van der Waals surface area contributed by atoms with Gasteiger partial charge in [-0.15, -0.1) is 0 Å². The van der Waals surface area contributed by atoms with Gasteiger partial charge < -0.3 is 32.2 Å². The largest absolute Gasteiger partial charge is 0.484 e. The minimum atomic E-state index is -0.675. The van der Waals surface area contributed by atoms with Crippen molar-refractivity contribution in [2.24, 2.45) is 10.7 Å². The molecule has 0 atom stereocenters. The Bertz CT molecular complexity index is 1030. The van der Waals surface area contributed by atoms with Crippen LogP contribution in [0.5, 0.6) is 5.75 Å². The fourth-order valence-electron chi connectivity index (χ4n) is 2.84. The standard InChI is InChI=1S/C22H32ClN9O3.CH4/c1-32(2)12-11-27-16(33)13-35-15-8-6-14(7-9-15)5-3-4-10-28-22(26)31-21(34)17-19(24)30-20(25)18(23)29-17;/h6-9H,3-5,10-13H2,1-2H3,(H,27,33)(H4,24,25,30)(H3,26,28,31,34);1H4. The van der Waals surface area contributed by atoms with Crippen LogP contribution in [0, 0.1) is 0 Å². The third-order valence-corrected chi connectivity index (χ3v) is 4.97. The zero-order valence-corrected chi connectivity index (χ0v) is 20.6. The summed E-state index contributed by atoms with van der Waals surface area (Å²) in [6.45, 7) is 1.76. The number of carbonyl (C=O) groups is 2. The summed E-state index contributed by atoms with van der Waals surface area (Å²) in [6.07, 6.45) is 2.46. The fourth-order valence-corrected chi connectivity index (χ4v) is 2.96. The average molecular weight is 522 g/mol. The van der Waals surface area contributed by atoms with E-state index in [2.05, 4.69) is 25.6 Å². The van der Waals surface area contributed by atoms with Crippen LogP contribution in [0.1, 0.15) is 36.3 Å². The van der Waals surface area contributed by atoms with Crippen molar-refractivity contribution >= 4 is 41.0 Å². The Morgan fingerprint density at radius 2 is 1.81 bits per heavy atom. The van der Waals surface area contributed by atoms with Gasteiger partial charge in [0.15, 0.2) is 35.0 Å². The van der Waals surface area contributed by atoms with Gasteiger partial charge in [0.05, 0.1) is 0 Å². The Kier molecular flexibility index (Phi) is 13.0. The van der Waals surface area contributed by atoms with E-state index < -0.39 is 5.91 Å². The SMILES string of the molecule is C.CN(C)CCNC(=O)COc1ccc(CCCCN=C(N)NC(=O)c2nc(Cl)c(N)nc2N)cc1. The molecule has 2 amide bonds. The number of rotatable bonds is 12. The zero-order valence-electron chi connectivity index (χ0n) is 19.9. The summed E-state index contributed by atoms with van der Waals surface area (Å²) in [5.41, 5.74) is 17.8. The first-order chi connectivity index (χ1) is 16.7. The summed E-state index contributed by atoms with van der Waals surface area (Å²) >= 11 is 5.78. The zero-order chi connectivity index (χ0) is 25.8. The van der Waals surface area contributed by atoms with Crippen LogP contribution in [-0.4, -0.2) is 73.0 Å². The molecule has 0 aliphatic heterocycles. The molecule has 198 valence electrons. The number of nitrogens with two attached hydrogens (primary N) is 3. The highest BCUT2D eigenvalue weighted by atomic mass is 35.5. The smallest absolute Gasteiger partial charge is 0.280 e. The third kappa shape index (κ3) is 10.7. The fraction of sp³-hybridized carbons (Fsp3) is 0.435. The van der Waals surface area contributed by atoms with Crippen molar-refractivity contribution in [2.45, 2.75) is 26.7 Å². The topological polar surface area (TPSA) is 187 Å². The van der Waals surface area contributed by atoms with Crippen molar-refractivity contribution in [2.75, 3.05) is 51.8 Å². The number of benzene rings is 1. The lowest BCUT2D eigenvalue weighted by molar-refractivity contribution is -0.123. The average Bonchev–Trinajstić information content (AvgIpc) is 2.80. The third-order valence-electron chi connectivity index (χ3n) is 4.69. The molecule has 12 nitrogen and oxygen atoms in total. The van der Waals surface area contributed by atoms with Gasteiger partial charge in [0.25, 0.3) is 11.8 Å². The number of unbranched alkanes of at least 4 members (excludes halogenated alkanes) is 1. The van der Waals surface area contributed by atoms with E-state index in [4.69, 9.17) is 33.5 Å². The number of likely N-dealkylation sites (N-methyl/N-ethyl adjacent to an activating group) is 1. The van der Waals surface area contributed by atoms with Gasteiger partial charge >= 0.3 is 0 Å². The number of aliphatic imine (C=N–C) groups is 1. The number of aryl methyl sites for hydroxylation is 1. The summed E-state index contributed by atoms with van der Waals surface area (Å²) in [5, 5.41) is 5.07. The molecule has 2 aromatic rings. The minimum absolute atomic E-state index is 0. The highest BCUT2D eigenvalue weighted by Gasteiger charge is 2.16. The number of aromatic nitrogens is 2. The molecule has 0 aliphatic carbocycles. The van der Waals surface area contributed by atoms with Crippen molar-refractivity contribution in [3.63, 3.8) is 0 Å². The number of hydrogen-bond donors (Lipinski definition) is 5. The Morgan fingerprint density at radius 1 is 1.11 bits per heavy atom. The maximum Gasteiger partial charge on any atom is 0.280 e. The van der Waals surface area contributed by atoms with Crippen LogP contribution >= 0.6 is 11.6 Å². The number of anilines is 2. The van der Waals surface area contributed by atoms with Gasteiger partial charge in [-0.25, -0.2) is 9.97 Å². The lowest BCUT2D eigenvalue weighted by Gasteiger charge is -2.11. The van der Waals surface area contributed by atoms with E-state index >= 15 is 0 Å². The highest BCUT2D eigenvalue weighted by Crippen LogP contribution is 2.17. The number of halogens is 1. The molecule has 0 unspecified atom stereocenters. The van der Waals surface area contributed by atoms with Gasteiger partial charge in [-0.1, -0.05) is 31.2 Å². The molecule has 1 aromatic heterocycles. The molecular formula is C23H36ClN9O3. The van der Waals surface area contributed by atoms with Crippen LogP contribution in [0.3, 0.4) is 0 Å². The first kappa shape index (κ1) is 30.4. The first-order valence-corrected chi connectivity index (χ1v) is 11.4. The second-order valence-corrected chi connectivity index (χ2v) is 8.26. The minimum Gasteiger partial charge on any atom is -0.484 e. The number of amides is 2. The molecular weight excluding hydrogens is 486 g/mol. The first-order valence-electron chi connectivity index (χ1n) is 11.0. The summed E-state index contributed by atoms with van der Waals surface area (Å²) < 4.78 is 5.51. The van der Waals surface area contributed by atoms with Crippen molar-refractivity contribution in [1.82, 2.24) is 25.5 Å². The van der Waals surface area contributed by atoms with E-state index in [1.165, 1.54) is 0 Å². The van der Waals surface area contributed by atoms with Gasteiger partial charge in [-0.3, -0.25) is 19.9 Å². The van der Waals surface area contributed by atoms with Gasteiger partial charge in [-0.2, -0.15) is 0 Å².